The van der Waals surface area contributed by atoms with Gasteiger partial charge in [0, 0.05) is 36.4 Å². The lowest BCUT2D eigenvalue weighted by Gasteiger charge is -2.32. The monoisotopic (exact) mass is 559 g/mol. The van der Waals surface area contributed by atoms with E-state index in [1.165, 1.54) is 22.5 Å². The first-order chi connectivity index (χ1) is 18.0. The molecular weight excluding hydrogens is 530 g/mol. The maximum atomic E-state index is 13.4. The van der Waals surface area contributed by atoms with Crippen LogP contribution in [0.1, 0.15) is 24.5 Å². The zero-order chi connectivity index (χ0) is 27.1. The minimum absolute atomic E-state index is 0.00197. The number of nitrogens with zero attached hydrogens (tertiary/aromatic N) is 1. The minimum Gasteiger partial charge on any atom is -0.506 e. The molecule has 1 atom stereocenters. The van der Waals surface area contributed by atoms with E-state index >= 15 is 0 Å². The molecule has 0 unspecified atom stereocenters. The number of furan rings is 1. The van der Waals surface area contributed by atoms with Gasteiger partial charge in [0.1, 0.15) is 16.9 Å². The van der Waals surface area contributed by atoms with Gasteiger partial charge < -0.3 is 19.9 Å². The number of nitrogens with one attached hydrogen (secondary N) is 2. The molecule has 1 saturated heterocycles. The molecule has 1 aliphatic rings. The zero-order valence-corrected chi connectivity index (χ0v) is 22.3. The molecule has 202 valence electrons. The number of hydrogen-bond acceptors (Lipinski definition) is 8. The number of para-hydroxylation sites is 1. The van der Waals surface area contributed by atoms with Crippen molar-refractivity contribution in [2.24, 2.45) is 0 Å². The molecule has 10 nitrogen and oxygen atoms in total. The van der Waals surface area contributed by atoms with E-state index in [-0.39, 0.29) is 28.9 Å². The first-order valence-corrected chi connectivity index (χ1v) is 15.5. The number of sulfonamides is 2. The summed E-state index contributed by atoms with van der Waals surface area (Å²) in [5, 5.41) is 25.4. The second kappa shape index (κ2) is 10.2. The first kappa shape index (κ1) is 26.4. The summed E-state index contributed by atoms with van der Waals surface area (Å²) >= 11 is 0. The second-order valence-electron chi connectivity index (χ2n) is 9.51. The van der Waals surface area contributed by atoms with Gasteiger partial charge in [-0.3, -0.25) is 4.72 Å². The average molecular weight is 560 g/mol. The van der Waals surface area contributed by atoms with Crippen LogP contribution >= 0.6 is 0 Å². The Morgan fingerprint density at radius 2 is 1.68 bits per heavy atom. The summed E-state index contributed by atoms with van der Waals surface area (Å²) in [6, 6.07) is 16.7. The Morgan fingerprint density at radius 3 is 2.42 bits per heavy atom. The molecule has 0 amide bonds. The SMILES string of the molecule is CS(=O)(=O)Nc1cc([C@@H](O)CNC2CCN(S(=O)(=O)c3ccc4oc5ccccc5c4c3)CC2)ccc1O. The topological polar surface area (TPSA) is 149 Å². The number of phenolic OH excluding ortho intramolecular Hbond substituents is 1. The van der Waals surface area contributed by atoms with Crippen LogP contribution in [-0.2, 0) is 20.0 Å². The van der Waals surface area contributed by atoms with Crippen LogP contribution in [0.3, 0.4) is 0 Å². The fourth-order valence-electron chi connectivity index (χ4n) is 4.75. The molecule has 0 aliphatic carbocycles. The van der Waals surface area contributed by atoms with Crippen molar-refractivity contribution in [2.45, 2.75) is 29.9 Å². The third-order valence-corrected chi connectivity index (χ3v) is 9.23. The normalized spacial score (nSPS) is 16.7. The van der Waals surface area contributed by atoms with Crippen molar-refractivity contribution in [3.63, 3.8) is 0 Å². The van der Waals surface area contributed by atoms with E-state index in [4.69, 9.17) is 4.42 Å². The summed E-state index contributed by atoms with van der Waals surface area (Å²) in [7, 11) is -7.28. The smallest absolute Gasteiger partial charge is 0.243 e. The molecule has 3 aromatic carbocycles. The number of piperidine rings is 1. The molecular formula is C26H29N3O7S2. The number of fused-ring (bicyclic) bond motifs is 3. The molecule has 12 heteroatoms. The average Bonchev–Trinajstić information content (AvgIpc) is 3.26. The maximum Gasteiger partial charge on any atom is 0.243 e. The van der Waals surface area contributed by atoms with Crippen molar-refractivity contribution in [1.82, 2.24) is 9.62 Å². The largest absolute Gasteiger partial charge is 0.506 e. The fraction of sp³-hybridized carbons (Fsp3) is 0.308. The third-order valence-electron chi connectivity index (χ3n) is 6.74. The molecule has 1 aliphatic heterocycles. The van der Waals surface area contributed by atoms with E-state index in [2.05, 4.69) is 10.0 Å². The van der Waals surface area contributed by atoms with Crippen molar-refractivity contribution in [3.8, 4) is 5.75 Å². The molecule has 0 spiro atoms. The highest BCUT2D eigenvalue weighted by molar-refractivity contribution is 7.92. The highest BCUT2D eigenvalue weighted by Crippen LogP contribution is 2.32. The number of phenols is 1. The molecule has 0 saturated carbocycles. The molecule has 0 radical (unpaired) electrons. The van der Waals surface area contributed by atoms with Gasteiger partial charge in [0.15, 0.2) is 0 Å². The molecule has 1 fully saturated rings. The van der Waals surface area contributed by atoms with Gasteiger partial charge in [-0.05, 0) is 54.8 Å². The van der Waals surface area contributed by atoms with Crippen molar-refractivity contribution >= 4 is 47.7 Å². The molecule has 1 aromatic heterocycles. The number of benzene rings is 3. The minimum atomic E-state index is -3.69. The standard InChI is InChI=1S/C26H29N3O7S2/c1-37(32,33)28-22-14-17(6-8-23(22)30)24(31)16-27-18-10-12-29(13-11-18)38(34,35)19-7-9-26-21(15-19)20-4-2-3-5-25(20)36-26/h2-9,14-15,18,24,27-28,30-31H,10-13,16H2,1H3/t24-/m0/s1. The number of aliphatic hydroxyl groups is 1. The highest BCUT2D eigenvalue weighted by atomic mass is 32.2. The van der Waals surface area contributed by atoms with Crippen molar-refractivity contribution < 1.29 is 31.5 Å². The Bertz CT molecular complexity index is 1690. The van der Waals surface area contributed by atoms with Gasteiger partial charge in [-0.25, -0.2) is 16.8 Å². The van der Waals surface area contributed by atoms with Crippen LogP contribution in [0.5, 0.6) is 5.75 Å². The summed E-state index contributed by atoms with van der Waals surface area (Å²) < 4.78 is 59.3. The van der Waals surface area contributed by atoms with Crippen LogP contribution in [0.25, 0.3) is 21.9 Å². The van der Waals surface area contributed by atoms with E-state index in [1.807, 2.05) is 24.3 Å². The van der Waals surface area contributed by atoms with Gasteiger partial charge in [-0.15, -0.1) is 0 Å². The van der Waals surface area contributed by atoms with Crippen molar-refractivity contribution in [1.29, 1.82) is 0 Å². The highest BCUT2D eigenvalue weighted by Gasteiger charge is 2.30. The van der Waals surface area contributed by atoms with E-state index in [9.17, 15) is 27.0 Å². The fourth-order valence-corrected chi connectivity index (χ4v) is 6.81. The lowest BCUT2D eigenvalue weighted by Crippen LogP contribution is -2.45. The summed E-state index contributed by atoms with van der Waals surface area (Å²) in [4.78, 5) is 0.226. The summed E-state index contributed by atoms with van der Waals surface area (Å²) in [6.45, 7) is 0.856. The summed E-state index contributed by atoms with van der Waals surface area (Å²) in [6.07, 6.45) is 1.16. The van der Waals surface area contributed by atoms with Gasteiger partial charge in [-0.2, -0.15) is 4.31 Å². The van der Waals surface area contributed by atoms with E-state index in [0.717, 1.165) is 17.0 Å². The van der Waals surface area contributed by atoms with Crippen LogP contribution < -0.4 is 10.0 Å². The van der Waals surface area contributed by atoms with Crippen LogP contribution in [0.15, 0.2) is 70.0 Å². The Hall–Kier alpha value is -3.16. The van der Waals surface area contributed by atoms with Crippen LogP contribution in [0.2, 0.25) is 0 Å². The van der Waals surface area contributed by atoms with Gasteiger partial charge in [-0.1, -0.05) is 24.3 Å². The van der Waals surface area contributed by atoms with Gasteiger partial charge in [0.2, 0.25) is 20.0 Å². The molecule has 2 heterocycles. The summed E-state index contributed by atoms with van der Waals surface area (Å²) in [5.41, 5.74) is 1.77. The van der Waals surface area contributed by atoms with Crippen molar-refractivity contribution in [2.75, 3.05) is 30.6 Å². The Labute approximate surface area is 221 Å². The Morgan fingerprint density at radius 1 is 0.974 bits per heavy atom. The van der Waals surface area contributed by atoms with Crippen LogP contribution in [0.4, 0.5) is 5.69 Å². The van der Waals surface area contributed by atoms with Crippen LogP contribution in [0, 0.1) is 0 Å². The predicted molar refractivity (Wildman–Crippen MR) is 145 cm³/mol. The van der Waals surface area contributed by atoms with Gasteiger partial charge >= 0.3 is 0 Å². The lowest BCUT2D eigenvalue weighted by molar-refractivity contribution is 0.162. The number of aromatic hydroxyl groups is 1. The number of aliphatic hydroxyl groups excluding tert-OH is 1. The van der Waals surface area contributed by atoms with Crippen LogP contribution in [-0.4, -0.2) is 63.3 Å². The predicted octanol–water partition coefficient (Wildman–Crippen LogP) is 3.14. The maximum absolute atomic E-state index is 13.4. The third kappa shape index (κ3) is 5.49. The Balaban J connectivity index is 1.21. The molecule has 4 aromatic rings. The van der Waals surface area contributed by atoms with E-state index in [1.54, 1.807) is 18.2 Å². The van der Waals surface area contributed by atoms with Gasteiger partial charge in [0.25, 0.3) is 0 Å². The lowest BCUT2D eigenvalue weighted by atomic mass is 10.0. The Kier molecular flexibility index (Phi) is 7.09. The zero-order valence-electron chi connectivity index (χ0n) is 20.7. The van der Waals surface area contributed by atoms with E-state index < -0.39 is 26.2 Å². The number of hydrogen-bond donors (Lipinski definition) is 4. The molecule has 4 N–H and O–H groups in total. The first-order valence-electron chi connectivity index (χ1n) is 12.1. The molecule has 0 bridgehead atoms. The van der Waals surface area contributed by atoms with Crippen molar-refractivity contribution in [3.05, 3.63) is 66.2 Å². The van der Waals surface area contributed by atoms with E-state index in [0.29, 0.717) is 42.7 Å². The second-order valence-corrected chi connectivity index (χ2v) is 13.2. The number of anilines is 1. The van der Waals surface area contributed by atoms with Gasteiger partial charge in [0.05, 0.1) is 22.9 Å². The molecule has 38 heavy (non-hydrogen) atoms. The number of rotatable bonds is 8. The molecule has 5 rings (SSSR count). The summed E-state index contributed by atoms with van der Waals surface area (Å²) in [5.74, 6) is -0.243. The quantitative estimate of drug-likeness (QED) is 0.241.